The summed E-state index contributed by atoms with van der Waals surface area (Å²) in [5.41, 5.74) is -3.40. The number of hydrogen-bond acceptors (Lipinski definition) is 6. The third-order valence-corrected chi connectivity index (χ3v) is 8.79. The summed E-state index contributed by atoms with van der Waals surface area (Å²) in [6.45, 7) is 1.57. The van der Waals surface area contributed by atoms with Gasteiger partial charge in [0.1, 0.15) is 24.0 Å². The second kappa shape index (κ2) is 13.4. The van der Waals surface area contributed by atoms with Gasteiger partial charge >= 0.3 is 24.9 Å². The van der Waals surface area contributed by atoms with Gasteiger partial charge in [-0.2, -0.15) is 31.7 Å². The number of carboxylic acid groups (broad SMARTS) is 1. The molecule has 3 amide bonds. The molecule has 2 fully saturated rings. The normalized spacial score (nSPS) is 19.9. The number of nitrogens with zero attached hydrogens (tertiary/aromatic N) is 5. The van der Waals surface area contributed by atoms with E-state index in [2.05, 4.69) is 42.9 Å². The van der Waals surface area contributed by atoms with Crippen molar-refractivity contribution >= 4 is 51.6 Å². The topological polar surface area (TPSA) is 151 Å². The summed E-state index contributed by atoms with van der Waals surface area (Å²) in [6, 6.07) is 8.82. The number of halogens is 7. The molecule has 2 heterocycles. The number of alkyl halides is 5. The molecule has 0 radical (unpaired) electrons. The number of guanidine groups is 1. The summed E-state index contributed by atoms with van der Waals surface area (Å²) in [4.78, 5) is 47.7. The molecular weight excluding hydrogens is 749 g/mol. The standard InChI is InChI=1S/C30H26BrClF5N7O5/c1-15(2)12-29(17-4-6-18(31)7-5-17)23(45)43(25(41-29)40-26(46)47)21(13-49-27(48)42-28(9-10-28)30(35,36)37)16-3-8-20(32)19(11-16)22-38-14-39-44(22)24(33)34/h3-8,11,14,21,24H,1,9-10,12-13H2,2H3,(H,40,41)(H,42,48)(H,46,47)/t21-,29-/m1/s1. The molecule has 0 unspecified atom stereocenters. The van der Waals surface area contributed by atoms with Crippen LogP contribution in [0.25, 0.3) is 11.4 Å². The van der Waals surface area contributed by atoms with Crippen molar-refractivity contribution in [2.24, 2.45) is 4.99 Å². The number of nitrogens with one attached hydrogen (secondary N) is 2. The van der Waals surface area contributed by atoms with Gasteiger partial charge < -0.3 is 20.5 Å². The van der Waals surface area contributed by atoms with Crippen molar-refractivity contribution in [3.63, 3.8) is 0 Å². The van der Waals surface area contributed by atoms with E-state index in [1.165, 1.54) is 18.2 Å². The number of hydrogen-bond donors (Lipinski definition) is 3. The van der Waals surface area contributed by atoms with Crippen LogP contribution in [0.3, 0.4) is 0 Å². The second-order valence-electron chi connectivity index (χ2n) is 11.4. The van der Waals surface area contributed by atoms with Gasteiger partial charge in [-0.25, -0.2) is 14.6 Å². The lowest BCUT2D eigenvalue weighted by atomic mass is 9.84. The predicted molar refractivity (Wildman–Crippen MR) is 168 cm³/mol. The number of amides is 3. The highest BCUT2D eigenvalue weighted by atomic mass is 79.9. The maximum Gasteiger partial charge on any atom is 0.434 e. The van der Waals surface area contributed by atoms with Gasteiger partial charge in [0, 0.05) is 16.5 Å². The number of aromatic nitrogens is 3. The minimum atomic E-state index is -4.76. The fraction of sp³-hybridized carbons (Fsp3) is 0.333. The molecule has 2 aliphatic rings. The lowest BCUT2D eigenvalue weighted by molar-refractivity contribution is -0.164. The van der Waals surface area contributed by atoms with E-state index in [0.29, 0.717) is 15.6 Å². The zero-order valence-electron chi connectivity index (χ0n) is 25.3. The van der Waals surface area contributed by atoms with Crippen LogP contribution in [0, 0.1) is 0 Å². The van der Waals surface area contributed by atoms with Crippen LogP contribution < -0.4 is 10.6 Å². The molecule has 19 heteroatoms. The van der Waals surface area contributed by atoms with Gasteiger partial charge in [-0.15, -0.1) is 11.6 Å². The molecule has 1 aliphatic carbocycles. The molecule has 2 atom stereocenters. The Labute approximate surface area is 288 Å². The largest absolute Gasteiger partial charge is 0.463 e. The van der Waals surface area contributed by atoms with Crippen molar-refractivity contribution in [3.05, 3.63) is 81.6 Å². The Morgan fingerprint density at radius 1 is 1.22 bits per heavy atom. The van der Waals surface area contributed by atoms with E-state index in [4.69, 9.17) is 16.3 Å². The zero-order chi connectivity index (χ0) is 35.9. The number of rotatable bonds is 10. The highest BCUT2D eigenvalue weighted by Gasteiger charge is 2.64. The molecule has 2 aromatic carbocycles. The van der Waals surface area contributed by atoms with Crippen LogP contribution in [0.1, 0.15) is 49.9 Å². The Bertz CT molecular complexity index is 1830. The number of ether oxygens (including phenoxy) is 1. The first kappa shape index (κ1) is 35.7. The van der Waals surface area contributed by atoms with Gasteiger partial charge in [-0.1, -0.05) is 51.3 Å². The van der Waals surface area contributed by atoms with E-state index in [0.717, 1.165) is 11.2 Å². The monoisotopic (exact) mass is 773 g/mol. The maximum absolute atomic E-state index is 14.7. The lowest BCUT2D eigenvalue weighted by Crippen LogP contribution is -2.49. The van der Waals surface area contributed by atoms with Gasteiger partial charge in [0.15, 0.2) is 5.82 Å². The predicted octanol–water partition coefficient (Wildman–Crippen LogP) is 6.95. The smallest absolute Gasteiger partial charge is 0.434 e. The minimum Gasteiger partial charge on any atom is -0.463 e. The van der Waals surface area contributed by atoms with E-state index < -0.39 is 60.5 Å². The Kier molecular flexibility index (Phi) is 9.75. The molecule has 1 saturated heterocycles. The SMILES string of the molecule is C=C(C)C[C@]1(c2ccc(Br)cc2)N/C(=N\C(=O)O)N([C@H](COC(=O)NC2(C(F)(F)F)CC2)c2ccc(Cl)c(-c3ncnn3C(F)F)c2)C1=O. The van der Waals surface area contributed by atoms with Crippen LogP contribution in [0.5, 0.6) is 0 Å². The summed E-state index contributed by atoms with van der Waals surface area (Å²) < 4.78 is 74.4. The molecule has 0 spiro atoms. The quantitative estimate of drug-likeness (QED) is 0.148. The zero-order valence-corrected chi connectivity index (χ0v) is 27.6. The molecule has 3 N–H and O–H groups in total. The molecule has 3 aromatic rings. The fourth-order valence-electron chi connectivity index (χ4n) is 5.49. The Hall–Kier alpha value is -4.58. The van der Waals surface area contributed by atoms with E-state index in [-0.39, 0.29) is 45.9 Å². The summed E-state index contributed by atoms with van der Waals surface area (Å²) in [5, 5.41) is 17.9. The highest BCUT2D eigenvalue weighted by Crippen LogP contribution is 2.49. The third-order valence-electron chi connectivity index (χ3n) is 7.93. The van der Waals surface area contributed by atoms with E-state index in [1.54, 1.807) is 31.2 Å². The molecular formula is C30H26BrClF5N7O5. The number of carbonyl (C=O) groups is 3. The molecule has 1 aliphatic heterocycles. The van der Waals surface area contributed by atoms with E-state index in [9.17, 15) is 41.4 Å². The van der Waals surface area contributed by atoms with Gasteiger partial charge in [-0.05, 0) is 55.2 Å². The molecule has 260 valence electrons. The number of carbonyl (C=O) groups excluding carboxylic acids is 2. The summed E-state index contributed by atoms with van der Waals surface area (Å²) in [6.07, 6.45) is -7.92. The molecule has 1 aromatic heterocycles. The van der Waals surface area contributed by atoms with Gasteiger partial charge in [0.05, 0.1) is 11.1 Å². The number of benzene rings is 2. The first-order chi connectivity index (χ1) is 23.0. The Morgan fingerprint density at radius 3 is 2.47 bits per heavy atom. The molecule has 5 rings (SSSR count). The molecule has 0 bridgehead atoms. The van der Waals surface area contributed by atoms with E-state index in [1.807, 2.05) is 5.32 Å². The van der Waals surface area contributed by atoms with Crippen molar-refractivity contribution in [3.8, 4) is 11.4 Å². The number of aliphatic imine (C=N–C) groups is 1. The van der Waals surface area contributed by atoms with Crippen LogP contribution in [-0.2, 0) is 15.1 Å². The second-order valence-corrected chi connectivity index (χ2v) is 12.8. The van der Waals surface area contributed by atoms with Crippen molar-refractivity contribution < 1.29 is 46.2 Å². The van der Waals surface area contributed by atoms with Crippen molar-refractivity contribution in [2.75, 3.05) is 6.61 Å². The summed E-state index contributed by atoms with van der Waals surface area (Å²) >= 11 is 9.70. The van der Waals surface area contributed by atoms with Crippen LogP contribution in [-0.4, -0.2) is 67.1 Å². The van der Waals surface area contributed by atoms with Crippen molar-refractivity contribution in [1.29, 1.82) is 0 Å². The van der Waals surface area contributed by atoms with Crippen LogP contribution in [0.4, 0.5) is 31.5 Å². The average Bonchev–Trinajstić information content (AvgIpc) is 3.55. The maximum atomic E-state index is 14.7. The Morgan fingerprint density at radius 2 is 1.90 bits per heavy atom. The van der Waals surface area contributed by atoms with Gasteiger partial charge in [-0.3, -0.25) is 9.69 Å². The molecule has 12 nitrogen and oxygen atoms in total. The van der Waals surface area contributed by atoms with Crippen molar-refractivity contribution in [2.45, 2.75) is 56.0 Å². The van der Waals surface area contributed by atoms with Crippen LogP contribution in [0.15, 0.2) is 70.4 Å². The van der Waals surface area contributed by atoms with E-state index >= 15 is 0 Å². The third kappa shape index (κ3) is 7.10. The van der Waals surface area contributed by atoms with Gasteiger partial charge in [0.2, 0.25) is 5.96 Å². The molecule has 49 heavy (non-hydrogen) atoms. The molecule has 1 saturated carbocycles. The average molecular weight is 775 g/mol. The summed E-state index contributed by atoms with van der Waals surface area (Å²) in [5.74, 6) is -1.69. The van der Waals surface area contributed by atoms with Crippen LogP contribution >= 0.6 is 27.5 Å². The minimum absolute atomic E-state index is 0.0307. The first-order valence-corrected chi connectivity index (χ1v) is 15.5. The summed E-state index contributed by atoms with van der Waals surface area (Å²) in [7, 11) is 0. The first-order valence-electron chi connectivity index (χ1n) is 14.3. The Balaban J connectivity index is 1.64. The number of alkyl carbamates (subject to hydrolysis) is 1. The van der Waals surface area contributed by atoms with Crippen LogP contribution in [0.2, 0.25) is 5.02 Å². The van der Waals surface area contributed by atoms with Crippen molar-refractivity contribution in [1.82, 2.24) is 30.3 Å². The highest BCUT2D eigenvalue weighted by molar-refractivity contribution is 9.10. The van der Waals surface area contributed by atoms with Gasteiger partial charge in [0.25, 0.3) is 5.91 Å². The fourth-order valence-corrected chi connectivity index (χ4v) is 5.96. The lowest BCUT2D eigenvalue weighted by Gasteiger charge is -2.31.